The molecule has 0 amide bonds. The molecule has 0 aliphatic rings. The highest BCUT2D eigenvalue weighted by molar-refractivity contribution is 4.49. The summed E-state index contributed by atoms with van der Waals surface area (Å²) in [7, 11) is 4.88. The van der Waals surface area contributed by atoms with Gasteiger partial charge in [-0.05, 0) is 25.7 Å². The van der Waals surface area contributed by atoms with E-state index in [1.165, 1.54) is 140 Å². The van der Waals surface area contributed by atoms with Gasteiger partial charge in [0.2, 0.25) is 0 Å². The summed E-state index contributed by atoms with van der Waals surface area (Å²) >= 11 is 0. The van der Waals surface area contributed by atoms with E-state index in [2.05, 4.69) is 27.9 Å². The Hall–Kier alpha value is -0.0400. The van der Waals surface area contributed by atoms with Gasteiger partial charge in [-0.3, -0.25) is 0 Å². The number of nitrogens with zero attached hydrogens (tertiary/aromatic N) is 1. The minimum absolute atomic E-state index is 1.24. The summed E-state index contributed by atoms with van der Waals surface area (Å²) in [4.78, 5) is 0. The van der Waals surface area contributed by atoms with E-state index in [9.17, 15) is 0 Å². The summed E-state index contributed by atoms with van der Waals surface area (Å²) < 4.78 is 1.24. The normalized spacial score (nSPS) is 12.0. The van der Waals surface area contributed by atoms with Gasteiger partial charge in [-0.15, -0.1) is 0 Å². The predicted molar refractivity (Wildman–Crippen MR) is 121 cm³/mol. The van der Waals surface area contributed by atoms with Crippen LogP contribution in [-0.2, 0) is 0 Å². The molecule has 0 rings (SSSR count). The summed E-state index contributed by atoms with van der Waals surface area (Å²) in [5, 5.41) is 0. The molecular formula is C25H54N+. The first-order valence-electron chi connectivity index (χ1n) is 12.4. The highest BCUT2D eigenvalue weighted by Gasteiger charge is 2.13. The van der Waals surface area contributed by atoms with E-state index in [0.29, 0.717) is 0 Å². The Bertz CT molecular complexity index is 259. The van der Waals surface area contributed by atoms with Crippen molar-refractivity contribution in [2.45, 2.75) is 136 Å². The summed E-state index contributed by atoms with van der Waals surface area (Å²) in [5.74, 6) is 0. The third kappa shape index (κ3) is 20.3. The molecule has 0 aliphatic heterocycles. The fraction of sp³-hybridized carbons (Fsp3) is 1.00. The first kappa shape index (κ1) is 26.0. The molecule has 0 N–H and O–H groups in total. The van der Waals surface area contributed by atoms with Crippen molar-refractivity contribution in [1.29, 1.82) is 0 Å². The lowest BCUT2D eigenvalue weighted by molar-refractivity contribution is -0.890. The van der Waals surface area contributed by atoms with Crippen LogP contribution in [-0.4, -0.2) is 31.7 Å². The molecule has 1 nitrogen and oxygen atoms in total. The molecule has 0 aromatic heterocycles. The van der Waals surface area contributed by atoms with Gasteiger partial charge in [0.25, 0.3) is 0 Å². The Kier molecular flexibility index (Phi) is 19.7. The van der Waals surface area contributed by atoms with E-state index in [4.69, 9.17) is 0 Å². The van der Waals surface area contributed by atoms with Crippen LogP contribution in [0, 0.1) is 0 Å². The smallest absolute Gasteiger partial charge is 0.0782 e. The molecule has 0 aromatic rings. The van der Waals surface area contributed by atoms with Crippen LogP contribution in [0.15, 0.2) is 0 Å². The molecule has 0 radical (unpaired) electrons. The van der Waals surface area contributed by atoms with Gasteiger partial charge in [-0.2, -0.15) is 0 Å². The summed E-state index contributed by atoms with van der Waals surface area (Å²) in [5.41, 5.74) is 0. The number of hydrogen-bond donors (Lipinski definition) is 0. The Balaban J connectivity index is 3.29. The summed E-state index contributed by atoms with van der Waals surface area (Å²) in [6.45, 7) is 7.37. The van der Waals surface area contributed by atoms with Gasteiger partial charge in [-0.25, -0.2) is 0 Å². The zero-order valence-corrected chi connectivity index (χ0v) is 19.3. The van der Waals surface area contributed by atoms with Crippen molar-refractivity contribution in [2.24, 2.45) is 0 Å². The van der Waals surface area contributed by atoms with Gasteiger partial charge in [0.15, 0.2) is 0 Å². The van der Waals surface area contributed by atoms with Crippen LogP contribution < -0.4 is 0 Å². The predicted octanol–water partition coefficient (Wildman–Crippen LogP) is 8.51. The maximum absolute atomic E-state index is 2.44. The zero-order valence-electron chi connectivity index (χ0n) is 19.3. The first-order valence-corrected chi connectivity index (χ1v) is 12.4. The molecule has 0 spiro atoms. The Morgan fingerprint density at radius 1 is 0.346 bits per heavy atom. The van der Waals surface area contributed by atoms with Crippen molar-refractivity contribution in [1.82, 2.24) is 0 Å². The topological polar surface area (TPSA) is 0 Å². The summed E-state index contributed by atoms with van der Waals surface area (Å²) in [6, 6.07) is 0. The van der Waals surface area contributed by atoms with E-state index < -0.39 is 0 Å². The maximum Gasteiger partial charge on any atom is 0.0782 e. The molecule has 0 aromatic carbocycles. The molecule has 0 heterocycles. The first-order chi connectivity index (χ1) is 12.6. The van der Waals surface area contributed by atoms with Gasteiger partial charge >= 0.3 is 0 Å². The standard InChI is InChI=1S/C25H54N/c1-5-7-9-11-13-14-15-16-17-19-21-23-25-26(3,4)24-22-20-18-12-10-8-6-2/h5-25H2,1-4H3/q+1. The lowest BCUT2D eigenvalue weighted by Gasteiger charge is -2.30. The second-order valence-electron chi connectivity index (χ2n) is 9.39. The van der Waals surface area contributed by atoms with E-state index >= 15 is 0 Å². The van der Waals surface area contributed by atoms with Crippen LogP contribution in [0.25, 0.3) is 0 Å². The van der Waals surface area contributed by atoms with Crippen LogP contribution in [0.3, 0.4) is 0 Å². The third-order valence-electron chi connectivity index (χ3n) is 5.98. The second kappa shape index (κ2) is 19.7. The van der Waals surface area contributed by atoms with Crippen molar-refractivity contribution in [3.05, 3.63) is 0 Å². The highest BCUT2D eigenvalue weighted by Crippen LogP contribution is 2.14. The average Bonchev–Trinajstić information content (AvgIpc) is 2.62. The largest absolute Gasteiger partial charge is 0.328 e. The molecule has 158 valence electrons. The van der Waals surface area contributed by atoms with Crippen LogP contribution >= 0.6 is 0 Å². The van der Waals surface area contributed by atoms with Gasteiger partial charge in [0.05, 0.1) is 27.2 Å². The lowest BCUT2D eigenvalue weighted by atomic mass is 10.0. The Morgan fingerprint density at radius 3 is 0.846 bits per heavy atom. The minimum atomic E-state index is 1.24. The maximum atomic E-state index is 2.44. The Morgan fingerprint density at radius 2 is 0.577 bits per heavy atom. The molecule has 0 fully saturated rings. The number of rotatable bonds is 21. The van der Waals surface area contributed by atoms with Gasteiger partial charge < -0.3 is 4.48 Å². The fourth-order valence-electron chi connectivity index (χ4n) is 3.99. The number of quaternary nitrogens is 1. The van der Waals surface area contributed by atoms with Crippen LogP contribution in [0.2, 0.25) is 0 Å². The molecule has 0 unspecified atom stereocenters. The minimum Gasteiger partial charge on any atom is -0.328 e. The Labute approximate surface area is 167 Å². The number of hydrogen-bond acceptors (Lipinski definition) is 0. The van der Waals surface area contributed by atoms with Crippen molar-refractivity contribution >= 4 is 0 Å². The average molecular weight is 369 g/mol. The molecule has 1 heteroatoms. The lowest BCUT2D eigenvalue weighted by Crippen LogP contribution is -2.41. The quantitative estimate of drug-likeness (QED) is 0.141. The summed E-state index contributed by atoms with van der Waals surface area (Å²) in [6.07, 6.45) is 27.5. The van der Waals surface area contributed by atoms with E-state index in [1.807, 2.05) is 0 Å². The van der Waals surface area contributed by atoms with Crippen molar-refractivity contribution in [3.8, 4) is 0 Å². The van der Waals surface area contributed by atoms with Crippen molar-refractivity contribution < 1.29 is 4.48 Å². The van der Waals surface area contributed by atoms with Gasteiger partial charge in [-0.1, -0.05) is 110 Å². The molecule has 0 saturated heterocycles. The van der Waals surface area contributed by atoms with Crippen molar-refractivity contribution in [2.75, 3.05) is 27.2 Å². The van der Waals surface area contributed by atoms with E-state index in [0.717, 1.165) is 0 Å². The van der Waals surface area contributed by atoms with E-state index in [-0.39, 0.29) is 0 Å². The SMILES string of the molecule is CCCCCCCCCCCCCC[N+](C)(C)CCCCCCCCC. The van der Waals surface area contributed by atoms with Gasteiger partial charge in [0, 0.05) is 0 Å². The van der Waals surface area contributed by atoms with Gasteiger partial charge in [0.1, 0.15) is 0 Å². The zero-order chi connectivity index (χ0) is 19.3. The molecule has 0 aliphatic carbocycles. The molecule has 0 atom stereocenters. The van der Waals surface area contributed by atoms with Crippen LogP contribution in [0.4, 0.5) is 0 Å². The van der Waals surface area contributed by atoms with Crippen LogP contribution in [0.1, 0.15) is 136 Å². The molecule has 26 heavy (non-hydrogen) atoms. The monoisotopic (exact) mass is 368 g/mol. The number of unbranched alkanes of at least 4 members (excludes halogenated alkanes) is 17. The highest BCUT2D eigenvalue weighted by atomic mass is 15.3. The van der Waals surface area contributed by atoms with E-state index in [1.54, 1.807) is 0 Å². The third-order valence-corrected chi connectivity index (χ3v) is 5.98. The molecule has 0 saturated carbocycles. The van der Waals surface area contributed by atoms with Crippen LogP contribution in [0.5, 0.6) is 0 Å². The fourth-order valence-corrected chi connectivity index (χ4v) is 3.99. The second-order valence-corrected chi connectivity index (χ2v) is 9.39. The molecular weight excluding hydrogens is 314 g/mol. The molecule has 0 bridgehead atoms. The van der Waals surface area contributed by atoms with Crippen molar-refractivity contribution in [3.63, 3.8) is 0 Å².